The lowest BCUT2D eigenvalue weighted by molar-refractivity contribution is 0.180. The van der Waals surface area contributed by atoms with Gasteiger partial charge in [0.25, 0.3) is 0 Å². The summed E-state index contributed by atoms with van der Waals surface area (Å²) in [7, 11) is 0. The van der Waals surface area contributed by atoms with Gasteiger partial charge >= 0.3 is 0 Å². The molecule has 13 heavy (non-hydrogen) atoms. The summed E-state index contributed by atoms with van der Waals surface area (Å²) in [5.74, 6) is 0.998. The van der Waals surface area contributed by atoms with Gasteiger partial charge in [-0.1, -0.05) is 24.3 Å². The second-order valence-corrected chi connectivity index (χ2v) is 3.69. The summed E-state index contributed by atoms with van der Waals surface area (Å²) in [6, 6.07) is 10.3. The van der Waals surface area contributed by atoms with Gasteiger partial charge in [0.2, 0.25) is 0 Å². The fourth-order valence-electron chi connectivity index (χ4n) is 0.902. The highest BCUT2D eigenvalue weighted by Crippen LogP contribution is 2.15. The first-order chi connectivity index (χ1) is 6.43. The molecule has 0 aliphatic heterocycles. The van der Waals surface area contributed by atoms with Crippen LogP contribution in [0, 0.1) is 0 Å². The molecule has 0 unspecified atom stereocenters. The third-order valence-electron chi connectivity index (χ3n) is 1.48. The SMILES string of the molecule is C=CCOCCSc1ccccc1. The van der Waals surface area contributed by atoms with Crippen molar-refractivity contribution in [1.82, 2.24) is 0 Å². The van der Waals surface area contributed by atoms with Gasteiger partial charge < -0.3 is 4.74 Å². The number of ether oxygens (including phenoxy) is 1. The van der Waals surface area contributed by atoms with Crippen LogP contribution in [0.5, 0.6) is 0 Å². The topological polar surface area (TPSA) is 9.23 Å². The Kier molecular flexibility index (Phi) is 5.38. The number of hydrogen-bond acceptors (Lipinski definition) is 2. The molecule has 0 aromatic heterocycles. The molecule has 2 heteroatoms. The van der Waals surface area contributed by atoms with E-state index in [0.29, 0.717) is 6.61 Å². The Labute approximate surface area is 83.8 Å². The van der Waals surface area contributed by atoms with E-state index in [2.05, 4.69) is 18.7 Å². The molecule has 0 aliphatic rings. The lowest BCUT2D eigenvalue weighted by Crippen LogP contribution is -1.96. The Morgan fingerprint density at radius 1 is 1.31 bits per heavy atom. The van der Waals surface area contributed by atoms with Gasteiger partial charge in [0.1, 0.15) is 0 Å². The molecular weight excluding hydrogens is 180 g/mol. The molecule has 0 saturated carbocycles. The van der Waals surface area contributed by atoms with Crippen molar-refractivity contribution < 1.29 is 4.74 Å². The Balaban J connectivity index is 2.10. The number of benzene rings is 1. The van der Waals surface area contributed by atoms with Crippen LogP contribution in [0.3, 0.4) is 0 Å². The largest absolute Gasteiger partial charge is 0.377 e. The standard InChI is InChI=1S/C11H14OS/c1-2-8-12-9-10-13-11-6-4-3-5-7-11/h2-7H,1,8-10H2. The second-order valence-electron chi connectivity index (χ2n) is 2.53. The van der Waals surface area contributed by atoms with E-state index < -0.39 is 0 Å². The van der Waals surface area contributed by atoms with Crippen molar-refractivity contribution in [3.63, 3.8) is 0 Å². The van der Waals surface area contributed by atoms with E-state index in [4.69, 9.17) is 4.74 Å². The lowest BCUT2D eigenvalue weighted by Gasteiger charge is -2.01. The van der Waals surface area contributed by atoms with Crippen LogP contribution < -0.4 is 0 Å². The first-order valence-electron chi connectivity index (χ1n) is 4.30. The molecule has 0 heterocycles. The minimum Gasteiger partial charge on any atom is -0.377 e. The van der Waals surface area contributed by atoms with E-state index in [1.165, 1.54) is 4.90 Å². The molecule has 0 bridgehead atoms. The van der Waals surface area contributed by atoms with Gasteiger partial charge in [-0.3, -0.25) is 0 Å². The lowest BCUT2D eigenvalue weighted by atomic mass is 10.4. The highest BCUT2D eigenvalue weighted by molar-refractivity contribution is 7.99. The second kappa shape index (κ2) is 6.75. The Bertz CT molecular complexity index is 233. The monoisotopic (exact) mass is 194 g/mol. The molecule has 0 saturated heterocycles. The molecule has 0 fully saturated rings. The molecule has 1 rings (SSSR count). The van der Waals surface area contributed by atoms with E-state index in [-0.39, 0.29) is 0 Å². The number of rotatable bonds is 6. The van der Waals surface area contributed by atoms with Crippen molar-refractivity contribution in [2.24, 2.45) is 0 Å². The van der Waals surface area contributed by atoms with Crippen molar-refractivity contribution in [1.29, 1.82) is 0 Å². The molecule has 0 N–H and O–H groups in total. The first-order valence-corrected chi connectivity index (χ1v) is 5.28. The van der Waals surface area contributed by atoms with Crippen LogP contribution in [0.15, 0.2) is 47.9 Å². The average molecular weight is 194 g/mol. The van der Waals surface area contributed by atoms with Crippen molar-refractivity contribution in [2.75, 3.05) is 19.0 Å². The molecule has 1 aromatic carbocycles. The van der Waals surface area contributed by atoms with Gasteiger partial charge in [-0.15, -0.1) is 18.3 Å². The van der Waals surface area contributed by atoms with Crippen LogP contribution in [0.2, 0.25) is 0 Å². The first kappa shape index (κ1) is 10.4. The summed E-state index contributed by atoms with van der Waals surface area (Å²) in [4.78, 5) is 1.30. The maximum atomic E-state index is 5.27. The third kappa shape index (κ3) is 4.76. The van der Waals surface area contributed by atoms with Crippen molar-refractivity contribution >= 4 is 11.8 Å². The highest BCUT2D eigenvalue weighted by Gasteiger charge is 1.91. The molecule has 0 radical (unpaired) electrons. The smallest absolute Gasteiger partial charge is 0.0645 e. The van der Waals surface area contributed by atoms with Crippen LogP contribution in [0.25, 0.3) is 0 Å². The van der Waals surface area contributed by atoms with Crippen LogP contribution in [0.4, 0.5) is 0 Å². The van der Waals surface area contributed by atoms with Gasteiger partial charge in [0, 0.05) is 10.6 Å². The van der Waals surface area contributed by atoms with E-state index in [1.807, 2.05) is 30.0 Å². The Morgan fingerprint density at radius 2 is 2.08 bits per heavy atom. The van der Waals surface area contributed by atoms with Crippen LogP contribution >= 0.6 is 11.8 Å². The summed E-state index contributed by atoms with van der Waals surface area (Å²) in [6.07, 6.45) is 1.77. The van der Waals surface area contributed by atoms with Crippen molar-refractivity contribution in [3.8, 4) is 0 Å². The molecule has 0 spiro atoms. The van der Waals surface area contributed by atoms with Gasteiger partial charge in [0.05, 0.1) is 13.2 Å². The van der Waals surface area contributed by atoms with E-state index >= 15 is 0 Å². The summed E-state index contributed by atoms with van der Waals surface area (Å²) in [5.41, 5.74) is 0. The molecule has 0 aliphatic carbocycles. The average Bonchev–Trinajstić information content (AvgIpc) is 2.19. The summed E-state index contributed by atoms with van der Waals surface area (Å²) >= 11 is 1.81. The maximum Gasteiger partial charge on any atom is 0.0645 e. The zero-order valence-corrected chi connectivity index (χ0v) is 8.43. The Hall–Kier alpha value is -0.730. The van der Waals surface area contributed by atoms with Crippen LogP contribution in [-0.4, -0.2) is 19.0 Å². The van der Waals surface area contributed by atoms with Crippen LogP contribution in [-0.2, 0) is 4.74 Å². The van der Waals surface area contributed by atoms with E-state index in [1.54, 1.807) is 6.08 Å². The molecular formula is C11H14OS. The minimum absolute atomic E-state index is 0.648. The van der Waals surface area contributed by atoms with E-state index in [9.17, 15) is 0 Å². The van der Waals surface area contributed by atoms with Crippen molar-refractivity contribution in [2.45, 2.75) is 4.90 Å². The van der Waals surface area contributed by atoms with Gasteiger partial charge in [-0.05, 0) is 12.1 Å². The minimum atomic E-state index is 0.648. The third-order valence-corrected chi connectivity index (χ3v) is 2.45. The fraction of sp³-hybridized carbons (Fsp3) is 0.273. The molecule has 70 valence electrons. The molecule has 1 nitrogen and oxygen atoms in total. The van der Waals surface area contributed by atoms with Gasteiger partial charge in [-0.2, -0.15) is 0 Å². The predicted molar refractivity (Wildman–Crippen MR) is 58.2 cm³/mol. The maximum absolute atomic E-state index is 5.27. The zero-order chi connectivity index (χ0) is 9.36. The zero-order valence-electron chi connectivity index (χ0n) is 7.61. The molecule has 0 amide bonds. The Morgan fingerprint density at radius 3 is 2.77 bits per heavy atom. The van der Waals surface area contributed by atoms with Crippen molar-refractivity contribution in [3.05, 3.63) is 43.0 Å². The highest BCUT2D eigenvalue weighted by atomic mass is 32.2. The summed E-state index contributed by atoms with van der Waals surface area (Å²) in [6.45, 7) is 5.02. The molecule has 0 atom stereocenters. The number of thioether (sulfide) groups is 1. The quantitative estimate of drug-likeness (QED) is 0.391. The van der Waals surface area contributed by atoms with Crippen LogP contribution in [0.1, 0.15) is 0 Å². The number of hydrogen-bond donors (Lipinski definition) is 0. The van der Waals surface area contributed by atoms with E-state index in [0.717, 1.165) is 12.4 Å². The van der Waals surface area contributed by atoms with Gasteiger partial charge in [-0.25, -0.2) is 0 Å². The summed E-state index contributed by atoms with van der Waals surface area (Å²) in [5, 5.41) is 0. The summed E-state index contributed by atoms with van der Waals surface area (Å²) < 4.78 is 5.27. The normalized spacial score (nSPS) is 9.85. The predicted octanol–water partition coefficient (Wildman–Crippen LogP) is 2.98. The molecule has 1 aromatic rings. The van der Waals surface area contributed by atoms with Gasteiger partial charge in [0.15, 0.2) is 0 Å². The fourth-order valence-corrected chi connectivity index (χ4v) is 1.69.